The first-order valence-corrected chi connectivity index (χ1v) is 7.38. The summed E-state index contributed by atoms with van der Waals surface area (Å²) in [6.45, 7) is 0. The van der Waals surface area contributed by atoms with E-state index >= 15 is 0 Å². The van der Waals surface area contributed by atoms with Crippen molar-refractivity contribution in [2.24, 2.45) is 0 Å². The van der Waals surface area contributed by atoms with E-state index in [-0.39, 0.29) is 12.1 Å². The number of carboxylic acids is 1. The highest BCUT2D eigenvalue weighted by atomic mass is 16.4. The molecule has 0 aromatic carbocycles. The molecule has 4 heteroatoms. The first-order chi connectivity index (χ1) is 8.70. The molecule has 2 aliphatic carbocycles. The maximum absolute atomic E-state index is 11.1. The molecule has 1 unspecified atom stereocenters. The van der Waals surface area contributed by atoms with Crippen molar-refractivity contribution in [1.82, 2.24) is 4.90 Å². The van der Waals surface area contributed by atoms with Gasteiger partial charge in [0, 0.05) is 12.1 Å². The number of aliphatic hydroxyl groups excluding tert-OH is 1. The smallest absolute Gasteiger partial charge is 0.348 e. The Balaban J connectivity index is 2.07. The summed E-state index contributed by atoms with van der Waals surface area (Å²) in [7, 11) is 0. The van der Waals surface area contributed by atoms with Crippen molar-refractivity contribution in [3.05, 3.63) is 0 Å². The van der Waals surface area contributed by atoms with E-state index in [1.54, 1.807) is 0 Å². The molecule has 0 aromatic heterocycles. The highest BCUT2D eigenvalue weighted by Gasteiger charge is 2.36. The molecular weight excluding hydrogens is 230 g/mol. The van der Waals surface area contributed by atoms with Crippen LogP contribution >= 0.6 is 0 Å². The monoisotopic (exact) mass is 255 g/mol. The van der Waals surface area contributed by atoms with Crippen molar-refractivity contribution in [3.8, 4) is 0 Å². The first kappa shape index (κ1) is 13.8. The third-order valence-electron chi connectivity index (χ3n) is 4.50. The Labute approximate surface area is 109 Å². The lowest BCUT2D eigenvalue weighted by molar-refractivity contribution is -0.165. The van der Waals surface area contributed by atoms with Gasteiger partial charge in [-0.2, -0.15) is 0 Å². The van der Waals surface area contributed by atoms with Crippen LogP contribution in [-0.4, -0.2) is 39.4 Å². The van der Waals surface area contributed by atoms with Crippen molar-refractivity contribution in [2.75, 3.05) is 0 Å². The Kier molecular flexibility index (Phi) is 5.01. The second-order valence-electron chi connectivity index (χ2n) is 5.74. The van der Waals surface area contributed by atoms with Crippen molar-refractivity contribution >= 4 is 5.97 Å². The van der Waals surface area contributed by atoms with E-state index in [4.69, 9.17) is 5.11 Å². The zero-order valence-corrected chi connectivity index (χ0v) is 11.1. The molecule has 0 heterocycles. The largest absolute Gasteiger partial charge is 0.478 e. The van der Waals surface area contributed by atoms with Crippen LogP contribution in [-0.2, 0) is 4.79 Å². The van der Waals surface area contributed by atoms with Crippen LogP contribution in [0.15, 0.2) is 0 Å². The molecule has 0 aromatic rings. The van der Waals surface area contributed by atoms with Gasteiger partial charge in [-0.1, -0.05) is 38.5 Å². The zero-order valence-electron chi connectivity index (χ0n) is 11.1. The molecule has 2 saturated carbocycles. The third kappa shape index (κ3) is 3.23. The fourth-order valence-corrected chi connectivity index (χ4v) is 3.58. The normalized spacial score (nSPS) is 25.2. The number of carboxylic acid groups (broad SMARTS) is 1. The number of carbonyl (C=O) groups is 1. The second kappa shape index (κ2) is 6.53. The number of rotatable bonds is 4. The van der Waals surface area contributed by atoms with Crippen LogP contribution in [0.25, 0.3) is 0 Å². The maximum atomic E-state index is 11.1. The number of hydrogen-bond acceptors (Lipinski definition) is 3. The van der Waals surface area contributed by atoms with Gasteiger partial charge >= 0.3 is 5.97 Å². The van der Waals surface area contributed by atoms with Crippen LogP contribution in [0.5, 0.6) is 0 Å². The summed E-state index contributed by atoms with van der Waals surface area (Å²) in [6, 6.07) is 0.542. The van der Waals surface area contributed by atoms with Gasteiger partial charge in [-0.05, 0) is 25.7 Å². The predicted molar refractivity (Wildman–Crippen MR) is 69.2 cm³/mol. The molecule has 0 aliphatic heterocycles. The molecule has 2 fully saturated rings. The molecule has 4 nitrogen and oxygen atoms in total. The molecule has 104 valence electrons. The van der Waals surface area contributed by atoms with Crippen molar-refractivity contribution in [1.29, 1.82) is 0 Å². The van der Waals surface area contributed by atoms with Crippen LogP contribution in [0.1, 0.15) is 64.2 Å². The fourth-order valence-electron chi connectivity index (χ4n) is 3.58. The Hall–Kier alpha value is -0.610. The minimum Gasteiger partial charge on any atom is -0.478 e. The van der Waals surface area contributed by atoms with E-state index in [0.29, 0.717) is 0 Å². The quantitative estimate of drug-likeness (QED) is 0.757. The van der Waals surface area contributed by atoms with Crippen LogP contribution in [0.4, 0.5) is 0 Å². The molecule has 2 aliphatic rings. The number of hydrogen-bond donors (Lipinski definition) is 2. The maximum Gasteiger partial charge on any atom is 0.348 e. The van der Waals surface area contributed by atoms with Gasteiger partial charge in [0.15, 0.2) is 0 Å². The highest BCUT2D eigenvalue weighted by Crippen LogP contribution is 2.31. The summed E-state index contributed by atoms with van der Waals surface area (Å²) in [6.07, 6.45) is 10.0. The van der Waals surface area contributed by atoms with Gasteiger partial charge in [-0.3, -0.25) is 4.90 Å². The summed E-state index contributed by atoms with van der Waals surface area (Å²) < 4.78 is 0. The number of nitrogens with zero attached hydrogens (tertiary/aromatic N) is 1. The molecule has 1 atom stereocenters. The van der Waals surface area contributed by atoms with Gasteiger partial charge in [-0.25, -0.2) is 4.79 Å². The summed E-state index contributed by atoms with van der Waals surface area (Å²) in [4.78, 5) is 13.1. The van der Waals surface area contributed by atoms with Gasteiger partial charge in [0.25, 0.3) is 0 Å². The zero-order chi connectivity index (χ0) is 13.0. The average molecular weight is 255 g/mol. The summed E-state index contributed by atoms with van der Waals surface area (Å²) in [5.41, 5.74) is 0. The van der Waals surface area contributed by atoms with Gasteiger partial charge in [-0.15, -0.1) is 0 Å². The van der Waals surface area contributed by atoms with Crippen LogP contribution in [0.3, 0.4) is 0 Å². The van der Waals surface area contributed by atoms with Gasteiger partial charge in [0.1, 0.15) is 0 Å². The molecule has 0 bridgehead atoms. The Morgan fingerprint density at radius 1 is 0.889 bits per heavy atom. The molecule has 0 amide bonds. The number of aliphatic carboxylic acids is 1. The lowest BCUT2D eigenvalue weighted by Gasteiger charge is -2.42. The van der Waals surface area contributed by atoms with E-state index in [9.17, 15) is 9.90 Å². The van der Waals surface area contributed by atoms with E-state index < -0.39 is 12.2 Å². The summed E-state index contributed by atoms with van der Waals surface area (Å²) in [5.74, 6) is -1.09. The van der Waals surface area contributed by atoms with Gasteiger partial charge in [0.2, 0.25) is 6.23 Å². The van der Waals surface area contributed by atoms with Crippen molar-refractivity contribution < 1.29 is 15.0 Å². The molecule has 2 rings (SSSR count). The molecular formula is C14H25NO3. The molecule has 2 N–H and O–H groups in total. The molecule has 18 heavy (non-hydrogen) atoms. The lowest BCUT2D eigenvalue weighted by atomic mass is 9.88. The van der Waals surface area contributed by atoms with Crippen LogP contribution < -0.4 is 0 Å². The Morgan fingerprint density at radius 2 is 1.28 bits per heavy atom. The molecule has 0 radical (unpaired) electrons. The SMILES string of the molecule is O=C(O)C(O)N(C1CCCCC1)C1CCCCC1. The standard InChI is InChI=1S/C14H25NO3/c16-13(14(17)18)15(11-7-3-1-4-8-11)12-9-5-2-6-10-12/h11-13,16H,1-10H2,(H,17,18). The minimum absolute atomic E-state index is 0.271. The fraction of sp³-hybridized carbons (Fsp3) is 0.929. The third-order valence-corrected chi connectivity index (χ3v) is 4.50. The van der Waals surface area contributed by atoms with Crippen LogP contribution in [0, 0.1) is 0 Å². The van der Waals surface area contributed by atoms with E-state index in [2.05, 4.69) is 0 Å². The van der Waals surface area contributed by atoms with Crippen molar-refractivity contribution in [3.63, 3.8) is 0 Å². The molecule has 0 saturated heterocycles. The van der Waals surface area contributed by atoms with Crippen LogP contribution in [0.2, 0.25) is 0 Å². The molecule has 0 spiro atoms. The predicted octanol–water partition coefficient (Wildman–Crippen LogP) is 2.36. The number of aliphatic hydroxyl groups is 1. The van der Waals surface area contributed by atoms with Gasteiger partial charge < -0.3 is 10.2 Å². The minimum atomic E-state index is -1.31. The Bertz CT molecular complexity index is 252. The summed E-state index contributed by atoms with van der Waals surface area (Å²) in [5, 5.41) is 19.1. The van der Waals surface area contributed by atoms with E-state index in [1.807, 2.05) is 4.90 Å². The second-order valence-corrected chi connectivity index (χ2v) is 5.74. The average Bonchev–Trinajstić information content (AvgIpc) is 2.41. The highest BCUT2D eigenvalue weighted by molar-refractivity contribution is 5.71. The van der Waals surface area contributed by atoms with E-state index in [1.165, 1.54) is 38.5 Å². The Morgan fingerprint density at radius 3 is 1.61 bits per heavy atom. The van der Waals surface area contributed by atoms with E-state index in [0.717, 1.165) is 25.7 Å². The topological polar surface area (TPSA) is 60.8 Å². The van der Waals surface area contributed by atoms with Crippen molar-refractivity contribution in [2.45, 2.75) is 82.5 Å². The summed E-state index contributed by atoms with van der Waals surface area (Å²) >= 11 is 0. The lowest BCUT2D eigenvalue weighted by Crippen LogP contribution is -2.53. The van der Waals surface area contributed by atoms with Gasteiger partial charge in [0.05, 0.1) is 0 Å². The first-order valence-electron chi connectivity index (χ1n) is 7.38.